The van der Waals surface area contributed by atoms with Crippen molar-refractivity contribution in [3.05, 3.63) is 76.5 Å². The fraction of sp³-hybridized carbons (Fsp3) is 0.514. The molecule has 0 aliphatic heterocycles. The molecule has 8 heteroatoms. The topological polar surface area (TPSA) is 141 Å². The highest BCUT2D eigenvalue weighted by Crippen LogP contribution is 2.36. The minimum absolute atomic E-state index is 0.203. The van der Waals surface area contributed by atoms with Crippen LogP contribution in [0.3, 0.4) is 0 Å². The number of aliphatic carboxylic acids is 2. The van der Waals surface area contributed by atoms with E-state index in [2.05, 4.69) is 35.6 Å². The lowest BCUT2D eigenvalue weighted by Crippen LogP contribution is -2.39. The maximum absolute atomic E-state index is 13.0. The molecule has 45 heavy (non-hydrogen) atoms. The number of nitrogens with one attached hydrogen (secondary N) is 1. The van der Waals surface area contributed by atoms with Crippen molar-refractivity contribution in [1.29, 1.82) is 0 Å². The van der Waals surface area contributed by atoms with Gasteiger partial charge in [0.05, 0.1) is 11.1 Å². The van der Waals surface area contributed by atoms with Crippen molar-refractivity contribution < 1.29 is 34.5 Å². The van der Waals surface area contributed by atoms with Gasteiger partial charge in [-0.2, -0.15) is 0 Å². The summed E-state index contributed by atoms with van der Waals surface area (Å²) in [6.45, 7) is 0.293. The van der Waals surface area contributed by atoms with Gasteiger partial charge in [0.15, 0.2) is 11.7 Å². The van der Waals surface area contributed by atoms with Gasteiger partial charge in [0.2, 0.25) is 0 Å². The number of carbonyl (C=O) groups excluding carboxylic acids is 1. The van der Waals surface area contributed by atoms with Crippen molar-refractivity contribution in [3.63, 3.8) is 0 Å². The second kappa shape index (κ2) is 19.4. The number of ketones is 1. The van der Waals surface area contributed by atoms with E-state index in [0.717, 1.165) is 19.3 Å². The molecule has 4 N–H and O–H groups in total. The third-order valence-corrected chi connectivity index (χ3v) is 8.64. The van der Waals surface area contributed by atoms with Crippen LogP contribution >= 0.6 is 0 Å². The van der Waals surface area contributed by atoms with E-state index in [4.69, 9.17) is 0 Å². The summed E-state index contributed by atoms with van der Waals surface area (Å²) in [4.78, 5) is 49.0. The van der Waals surface area contributed by atoms with Gasteiger partial charge in [0, 0.05) is 23.4 Å². The predicted molar refractivity (Wildman–Crippen MR) is 175 cm³/mol. The molecule has 0 aromatic heterocycles. The Bertz CT molecular complexity index is 1300. The highest BCUT2D eigenvalue weighted by Gasteiger charge is 2.42. The van der Waals surface area contributed by atoms with Crippen LogP contribution in [0.15, 0.2) is 54.2 Å². The van der Waals surface area contributed by atoms with Crippen molar-refractivity contribution in [2.24, 2.45) is 5.92 Å². The lowest BCUT2D eigenvalue weighted by molar-refractivity contribution is -0.139. The van der Waals surface area contributed by atoms with Gasteiger partial charge in [-0.25, -0.2) is 9.59 Å². The predicted octanol–water partition coefficient (Wildman–Crippen LogP) is 8.15. The van der Waals surface area contributed by atoms with Crippen LogP contribution in [-0.4, -0.2) is 45.6 Å². The van der Waals surface area contributed by atoms with Gasteiger partial charge >= 0.3 is 17.9 Å². The molecule has 0 amide bonds. The molecule has 0 bridgehead atoms. The minimum Gasteiger partial charge on any atom is -0.480 e. The van der Waals surface area contributed by atoms with Crippen LogP contribution in [-0.2, 0) is 16.0 Å². The van der Waals surface area contributed by atoms with Gasteiger partial charge < -0.3 is 20.6 Å². The van der Waals surface area contributed by atoms with E-state index in [9.17, 15) is 34.5 Å². The molecule has 0 saturated carbocycles. The van der Waals surface area contributed by atoms with Crippen LogP contribution in [0.5, 0.6) is 0 Å². The molecule has 3 rings (SSSR count). The first-order valence-corrected chi connectivity index (χ1v) is 16.7. The largest absolute Gasteiger partial charge is 0.480 e. The number of fused-ring (bicyclic) bond motifs is 1. The Labute approximate surface area is 266 Å². The molecule has 1 unspecified atom stereocenters. The number of hydrogen-bond acceptors (Lipinski definition) is 5. The van der Waals surface area contributed by atoms with Crippen LogP contribution in [0.2, 0.25) is 0 Å². The van der Waals surface area contributed by atoms with Crippen LogP contribution in [0.4, 0.5) is 0 Å². The number of rotatable bonds is 23. The first-order valence-electron chi connectivity index (χ1n) is 16.7. The molecular formula is C37H49NO7. The van der Waals surface area contributed by atoms with E-state index in [1.165, 1.54) is 107 Å². The monoisotopic (exact) mass is 619 g/mol. The highest BCUT2D eigenvalue weighted by atomic mass is 16.4. The van der Waals surface area contributed by atoms with Crippen molar-refractivity contribution in [2.45, 2.75) is 109 Å². The van der Waals surface area contributed by atoms with Crippen molar-refractivity contribution in [2.75, 3.05) is 6.54 Å². The first kappa shape index (κ1) is 35.5. The Kier molecular flexibility index (Phi) is 15.4. The Morgan fingerprint density at radius 3 is 1.60 bits per heavy atom. The maximum atomic E-state index is 13.0. The van der Waals surface area contributed by atoms with Gasteiger partial charge in [-0.1, -0.05) is 132 Å². The van der Waals surface area contributed by atoms with Gasteiger partial charge in [0.1, 0.15) is 0 Å². The van der Waals surface area contributed by atoms with Gasteiger partial charge in [-0.15, -0.1) is 0 Å². The fourth-order valence-corrected chi connectivity index (χ4v) is 6.22. The van der Waals surface area contributed by atoms with E-state index in [1.54, 1.807) is 0 Å². The lowest BCUT2D eigenvalue weighted by atomic mass is 9.78. The number of unbranched alkanes of at least 4 members (excludes halogenated alkanes) is 15. The highest BCUT2D eigenvalue weighted by molar-refractivity contribution is 6.28. The summed E-state index contributed by atoms with van der Waals surface area (Å²) in [5.74, 6) is -6.88. The molecule has 1 aliphatic carbocycles. The quantitative estimate of drug-likeness (QED) is 0.0721. The zero-order valence-corrected chi connectivity index (χ0v) is 26.4. The van der Waals surface area contributed by atoms with E-state index in [0.29, 0.717) is 13.0 Å². The molecule has 2 aromatic rings. The SMILES string of the molecule is O=C(O)C1=C(NCCCCCCCCCCCCCCCCCCc2ccccc2)C(C(=O)O)C(=O)c2cccc(C(=O)O)c21. The summed E-state index contributed by atoms with van der Waals surface area (Å²) >= 11 is 0. The number of benzene rings is 2. The Morgan fingerprint density at radius 2 is 1.11 bits per heavy atom. The van der Waals surface area contributed by atoms with Crippen LogP contribution in [0.1, 0.15) is 135 Å². The standard InChI is InChI=1S/C37H49NO7/c39-34-28-24-20-25-29(35(40)41)30(28)31(36(42)43)33(32(34)37(44)45)38-26-19-14-12-10-8-6-4-2-1-3-5-7-9-11-13-16-21-27-22-17-15-18-23-27/h15,17-18,20,22-25,32,38H,1-14,16,19,21,26H2,(H,40,41)(H,42,43)(H,44,45). The number of Topliss-reactive ketones (excluding diaryl/α,β-unsaturated/α-hetero) is 1. The van der Waals surface area contributed by atoms with Crippen LogP contribution in [0.25, 0.3) is 5.57 Å². The Balaban J connectivity index is 1.25. The molecule has 0 radical (unpaired) electrons. The average Bonchev–Trinajstić information content (AvgIpc) is 3.02. The zero-order valence-electron chi connectivity index (χ0n) is 26.4. The number of carbonyl (C=O) groups is 4. The maximum Gasteiger partial charge on any atom is 0.338 e. The van der Waals surface area contributed by atoms with E-state index >= 15 is 0 Å². The van der Waals surface area contributed by atoms with Gasteiger partial charge in [-0.05, 0) is 30.9 Å². The summed E-state index contributed by atoms with van der Waals surface area (Å²) in [5, 5.41) is 32.2. The molecule has 0 fully saturated rings. The molecular weight excluding hydrogens is 570 g/mol. The fourth-order valence-electron chi connectivity index (χ4n) is 6.22. The van der Waals surface area contributed by atoms with Crippen molar-refractivity contribution >= 4 is 29.3 Å². The van der Waals surface area contributed by atoms with Crippen molar-refractivity contribution in [3.8, 4) is 0 Å². The number of aromatic carboxylic acids is 1. The molecule has 2 aromatic carbocycles. The summed E-state index contributed by atoms with van der Waals surface area (Å²) < 4.78 is 0. The van der Waals surface area contributed by atoms with Crippen molar-refractivity contribution in [1.82, 2.24) is 5.32 Å². The molecule has 0 saturated heterocycles. The van der Waals surface area contributed by atoms with E-state index in [1.807, 2.05) is 0 Å². The Morgan fingerprint density at radius 1 is 0.600 bits per heavy atom. The average molecular weight is 620 g/mol. The lowest BCUT2D eigenvalue weighted by Gasteiger charge is -2.27. The third kappa shape index (κ3) is 11.2. The first-order chi connectivity index (χ1) is 21.8. The van der Waals surface area contributed by atoms with Gasteiger partial charge in [0.25, 0.3) is 0 Å². The normalized spacial score (nSPS) is 14.3. The molecule has 0 heterocycles. The second-order valence-corrected chi connectivity index (χ2v) is 12.1. The minimum atomic E-state index is -1.72. The second-order valence-electron chi connectivity index (χ2n) is 12.1. The Hall–Kier alpha value is -3.94. The smallest absolute Gasteiger partial charge is 0.338 e. The molecule has 1 aliphatic rings. The van der Waals surface area contributed by atoms with Crippen LogP contribution in [0, 0.1) is 5.92 Å². The van der Waals surface area contributed by atoms with Gasteiger partial charge in [-0.3, -0.25) is 9.59 Å². The molecule has 0 spiro atoms. The number of carboxylic acids is 3. The summed E-state index contributed by atoms with van der Waals surface area (Å²) in [5.41, 5.74) is -0.0650. The number of hydrogen-bond donors (Lipinski definition) is 4. The number of carboxylic acid groups (broad SMARTS) is 3. The van der Waals surface area contributed by atoms with Crippen LogP contribution < -0.4 is 5.32 Å². The molecule has 244 valence electrons. The van der Waals surface area contributed by atoms with E-state index in [-0.39, 0.29) is 22.4 Å². The molecule has 8 nitrogen and oxygen atoms in total. The molecule has 1 atom stereocenters. The number of aryl methyl sites for hydroxylation is 1. The van der Waals surface area contributed by atoms with E-state index < -0.39 is 35.2 Å². The zero-order chi connectivity index (χ0) is 32.4. The summed E-state index contributed by atoms with van der Waals surface area (Å²) in [6.07, 6.45) is 20.5. The third-order valence-electron chi connectivity index (χ3n) is 8.64. The summed E-state index contributed by atoms with van der Waals surface area (Å²) in [7, 11) is 0. The summed E-state index contributed by atoms with van der Waals surface area (Å²) in [6, 6.07) is 14.5.